The van der Waals surface area contributed by atoms with Crippen LogP contribution < -0.4 is 9.80 Å². The summed E-state index contributed by atoms with van der Waals surface area (Å²) in [6.45, 7) is 5.30. The highest BCUT2D eigenvalue weighted by Crippen LogP contribution is 2.28. The van der Waals surface area contributed by atoms with Gasteiger partial charge in [-0.2, -0.15) is 4.98 Å². The van der Waals surface area contributed by atoms with E-state index in [0.29, 0.717) is 11.7 Å². The Labute approximate surface area is 145 Å². The molecule has 128 valence electrons. The molecule has 1 saturated heterocycles. The van der Waals surface area contributed by atoms with E-state index in [9.17, 15) is 0 Å². The third-order valence-electron chi connectivity index (χ3n) is 4.18. The minimum atomic E-state index is 0.507. The molecule has 3 aromatic rings. The highest BCUT2D eigenvalue weighted by atomic mass is 16.5. The predicted octanol–water partition coefficient (Wildman–Crippen LogP) is 1.95. The van der Waals surface area contributed by atoms with Gasteiger partial charge in [0.1, 0.15) is 5.82 Å². The van der Waals surface area contributed by atoms with Crippen LogP contribution in [0.25, 0.3) is 11.5 Å². The van der Waals surface area contributed by atoms with Crippen LogP contribution in [0.1, 0.15) is 12.2 Å². The van der Waals surface area contributed by atoms with Crippen molar-refractivity contribution < 1.29 is 4.52 Å². The van der Waals surface area contributed by atoms with Crippen molar-refractivity contribution in [2.24, 2.45) is 0 Å². The Morgan fingerprint density at radius 3 is 2.48 bits per heavy atom. The van der Waals surface area contributed by atoms with Gasteiger partial charge in [0.05, 0.1) is 5.56 Å². The summed E-state index contributed by atoms with van der Waals surface area (Å²) in [7, 11) is 0. The van der Waals surface area contributed by atoms with Gasteiger partial charge in [-0.3, -0.25) is 0 Å². The number of hydrogen-bond donors (Lipinski definition) is 0. The van der Waals surface area contributed by atoms with Gasteiger partial charge in [0.25, 0.3) is 5.89 Å². The molecule has 0 atom stereocenters. The van der Waals surface area contributed by atoms with Gasteiger partial charge in [-0.25, -0.2) is 15.0 Å². The van der Waals surface area contributed by atoms with E-state index < -0.39 is 0 Å². The zero-order valence-corrected chi connectivity index (χ0v) is 14.0. The fourth-order valence-corrected chi connectivity index (χ4v) is 3.01. The summed E-state index contributed by atoms with van der Waals surface area (Å²) in [5, 5.41) is 3.89. The molecule has 0 unspecified atom stereocenters. The van der Waals surface area contributed by atoms with E-state index in [-0.39, 0.29) is 0 Å². The fraction of sp³-hybridized carbons (Fsp3) is 0.353. The Balaban J connectivity index is 1.57. The van der Waals surface area contributed by atoms with Crippen molar-refractivity contribution in [1.29, 1.82) is 0 Å². The zero-order chi connectivity index (χ0) is 17.1. The van der Waals surface area contributed by atoms with E-state index >= 15 is 0 Å². The Morgan fingerprint density at radius 1 is 0.920 bits per heavy atom. The molecule has 0 spiro atoms. The number of nitrogens with zero attached hydrogens (tertiary/aromatic N) is 7. The molecule has 1 fully saturated rings. The number of aromatic nitrogens is 5. The van der Waals surface area contributed by atoms with Crippen LogP contribution in [0.15, 0.2) is 41.3 Å². The summed E-state index contributed by atoms with van der Waals surface area (Å²) in [5.74, 6) is 2.78. The topological polar surface area (TPSA) is 84.1 Å². The highest BCUT2D eigenvalue weighted by Gasteiger charge is 2.22. The largest absolute Gasteiger partial charge is 0.354 e. The van der Waals surface area contributed by atoms with E-state index in [1.165, 1.54) is 0 Å². The smallest absolute Gasteiger partial charge is 0.261 e. The Bertz CT molecular complexity index is 836. The van der Waals surface area contributed by atoms with E-state index in [2.05, 4.69) is 34.9 Å². The van der Waals surface area contributed by atoms with E-state index in [0.717, 1.165) is 49.9 Å². The monoisotopic (exact) mass is 337 g/mol. The maximum Gasteiger partial charge on any atom is 0.261 e. The van der Waals surface area contributed by atoms with Crippen LogP contribution in [0.5, 0.6) is 0 Å². The summed E-state index contributed by atoms with van der Waals surface area (Å²) in [6, 6.07) is 5.69. The molecule has 8 heteroatoms. The standard InChI is InChI=1S/C17H19N7O/c1-13-21-16(25-22-13)14-5-2-6-18-15(14)23-9-4-10-24(12-11-23)17-19-7-3-8-20-17/h2-3,5-8H,4,9-12H2,1H3. The molecule has 0 radical (unpaired) electrons. The van der Waals surface area contributed by atoms with Crippen LogP contribution in [0.3, 0.4) is 0 Å². The molecule has 0 aromatic carbocycles. The lowest BCUT2D eigenvalue weighted by molar-refractivity contribution is 0.425. The lowest BCUT2D eigenvalue weighted by Gasteiger charge is -2.23. The van der Waals surface area contributed by atoms with Gasteiger partial charge in [-0.05, 0) is 31.5 Å². The molecule has 0 amide bonds. The van der Waals surface area contributed by atoms with Gasteiger partial charge < -0.3 is 14.3 Å². The minimum Gasteiger partial charge on any atom is -0.354 e. The summed E-state index contributed by atoms with van der Waals surface area (Å²) >= 11 is 0. The molecule has 0 bridgehead atoms. The molecule has 0 aliphatic carbocycles. The Kier molecular flexibility index (Phi) is 4.24. The number of aryl methyl sites for hydroxylation is 1. The maximum absolute atomic E-state index is 5.35. The second-order valence-electron chi connectivity index (χ2n) is 5.90. The van der Waals surface area contributed by atoms with Crippen molar-refractivity contribution >= 4 is 11.8 Å². The molecule has 0 N–H and O–H groups in total. The molecule has 8 nitrogen and oxygen atoms in total. The zero-order valence-electron chi connectivity index (χ0n) is 14.0. The first kappa shape index (κ1) is 15.5. The quantitative estimate of drug-likeness (QED) is 0.717. The van der Waals surface area contributed by atoms with Crippen LogP contribution >= 0.6 is 0 Å². The van der Waals surface area contributed by atoms with Crippen LogP contribution in [-0.2, 0) is 0 Å². The Morgan fingerprint density at radius 2 is 1.68 bits per heavy atom. The van der Waals surface area contributed by atoms with Gasteiger partial charge in [0.2, 0.25) is 5.95 Å². The van der Waals surface area contributed by atoms with Gasteiger partial charge in [0, 0.05) is 44.8 Å². The average Bonchev–Trinajstić information content (AvgIpc) is 2.94. The summed E-state index contributed by atoms with van der Waals surface area (Å²) in [6.07, 6.45) is 6.35. The van der Waals surface area contributed by atoms with E-state index in [4.69, 9.17) is 4.52 Å². The second kappa shape index (κ2) is 6.84. The van der Waals surface area contributed by atoms with Crippen LogP contribution in [0.2, 0.25) is 0 Å². The van der Waals surface area contributed by atoms with Gasteiger partial charge in [-0.15, -0.1) is 0 Å². The molecule has 1 aliphatic heterocycles. The van der Waals surface area contributed by atoms with Crippen molar-refractivity contribution in [1.82, 2.24) is 25.1 Å². The van der Waals surface area contributed by atoms with Crippen molar-refractivity contribution in [3.05, 3.63) is 42.6 Å². The molecule has 1 aliphatic rings. The number of pyridine rings is 1. The number of hydrogen-bond acceptors (Lipinski definition) is 8. The molecular formula is C17H19N7O. The van der Waals surface area contributed by atoms with Crippen molar-refractivity contribution in [3.63, 3.8) is 0 Å². The molecule has 25 heavy (non-hydrogen) atoms. The normalized spacial score (nSPS) is 15.2. The lowest BCUT2D eigenvalue weighted by atomic mass is 10.2. The predicted molar refractivity (Wildman–Crippen MR) is 93.3 cm³/mol. The molecule has 3 aromatic heterocycles. The first-order chi connectivity index (χ1) is 12.3. The number of rotatable bonds is 3. The first-order valence-corrected chi connectivity index (χ1v) is 8.34. The van der Waals surface area contributed by atoms with Crippen molar-refractivity contribution in [2.45, 2.75) is 13.3 Å². The van der Waals surface area contributed by atoms with Crippen LogP contribution in [0.4, 0.5) is 11.8 Å². The average molecular weight is 337 g/mol. The molecule has 4 heterocycles. The third kappa shape index (κ3) is 3.28. The molecule has 0 saturated carbocycles. The molecule has 4 rings (SSSR count). The van der Waals surface area contributed by atoms with Gasteiger partial charge in [0.15, 0.2) is 5.82 Å². The summed E-state index contributed by atoms with van der Waals surface area (Å²) in [4.78, 5) is 22.1. The maximum atomic E-state index is 5.35. The van der Waals surface area contributed by atoms with Crippen LogP contribution in [-0.4, -0.2) is 51.3 Å². The first-order valence-electron chi connectivity index (χ1n) is 8.34. The second-order valence-corrected chi connectivity index (χ2v) is 5.90. The minimum absolute atomic E-state index is 0.507. The summed E-state index contributed by atoms with van der Waals surface area (Å²) < 4.78 is 5.35. The highest BCUT2D eigenvalue weighted by molar-refractivity contribution is 5.69. The van der Waals surface area contributed by atoms with Crippen LogP contribution in [0, 0.1) is 6.92 Å². The van der Waals surface area contributed by atoms with Gasteiger partial charge >= 0.3 is 0 Å². The summed E-state index contributed by atoms with van der Waals surface area (Å²) in [5.41, 5.74) is 0.868. The number of anilines is 2. The van der Waals surface area contributed by atoms with E-state index in [1.54, 1.807) is 18.6 Å². The third-order valence-corrected chi connectivity index (χ3v) is 4.18. The van der Waals surface area contributed by atoms with E-state index in [1.807, 2.05) is 25.1 Å². The van der Waals surface area contributed by atoms with Crippen molar-refractivity contribution in [2.75, 3.05) is 36.0 Å². The SMILES string of the molecule is Cc1noc(-c2cccnc2N2CCCN(c3ncccn3)CC2)n1. The lowest BCUT2D eigenvalue weighted by Crippen LogP contribution is -2.32. The van der Waals surface area contributed by atoms with Crippen molar-refractivity contribution in [3.8, 4) is 11.5 Å². The molecular weight excluding hydrogens is 318 g/mol. The Hall–Kier alpha value is -3.03. The fourth-order valence-electron chi connectivity index (χ4n) is 3.01. The van der Waals surface area contributed by atoms with Gasteiger partial charge in [-0.1, -0.05) is 5.16 Å².